The molecule has 2 rings (SSSR count). The minimum Gasteiger partial charge on any atom is -0.393 e. The van der Waals surface area contributed by atoms with Crippen molar-refractivity contribution in [1.82, 2.24) is 4.98 Å². The third-order valence-electron chi connectivity index (χ3n) is 2.87. The molecule has 1 saturated heterocycles. The van der Waals surface area contributed by atoms with Crippen molar-refractivity contribution in [2.24, 2.45) is 0 Å². The minimum atomic E-state index is -0.872. The Kier molecular flexibility index (Phi) is 2.95. The van der Waals surface area contributed by atoms with E-state index in [1.807, 2.05) is 12.3 Å². The van der Waals surface area contributed by atoms with Gasteiger partial charge in [0.25, 0.3) is 0 Å². The Morgan fingerprint density at radius 2 is 2.20 bits per heavy atom. The average Bonchev–Trinajstić information content (AvgIpc) is 2.66. The van der Waals surface area contributed by atoms with Crippen LogP contribution in [0.25, 0.3) is 0 Å². The highest BCUT2D eigenvalue weighted by molar-refractivity contribution is 7.13. The fraction of sp³-hybridized carbons (Fsp3) is 0.700. The molecule has 0 aromatic carbocycles. The number of hydrogen-bond donors (Lipinski definition) is 2. The van der Waals surface area contributed by atoms with E-state index in [1.54, 1.807) is 11.3 Å². The van der Waals surface area contributed by atoms with Crippen LogP contribution in [-0.4, -0.2) is 40.5 Å². The van der Waals surface area contributed by atoms with E-state index in [4.69, 9.17) is 5.11 Å². The number of hydrogen-bond acceptors (Lipinski definition) is 5. The highest BCUT2D eigenvalue weighted by atomic mass is 32.1. The summed E-state index contributed by atoms with van der Waals surface area (Å²) in [4.78, 5) is 6.58. The van der Waals surface area contributed by atoms with Crippen LogP contribution < -0.4 is 4.90 Å². The lowest BCUT2D eigenvalue weighted by Crippen LogP contribution is -2.46. The second-order valence-electron chi connectivity index (χ2n) is 4.14. The van der Waals surface area contributed by atoms with Gasteiger partial charge in [0.15, 0.2) is 5.13 Å². The molecule has 1 fully saturated rings. The van der Waals surface area contributed by atoms with E-state index in [9.17, 15) is 5.11 Å². The lowest BCUT2D eigenvalue weighted by Gasteiger charge is -2.36. The van der Waals surface area contributed by atoms with Crippen LogP contribution in [-0.2, 0) is 0 Å². The third kappa shape index (κ3) is 2.30. The predicted molar refractivity (Wildman–Crippen MR) is 60.3 cm³/mol. The van der Waals surface area contributed by atoms with Crippen molar-refractivity contribution in [2.75, 3.05) is 24.6 Å². The van der Waals surface area contributed by atoms with Gasteiger partial charge in [-0.1, -0.05) is 0 Å². The number of aromatic nitrogens is 1. The van der Waals surface area contributed by atoms with Crippen LogP contribution in [0.2, 0.25) is 0 Å². The molecule has 15 heavy (non-hydrogen) atoms. The molecule has 2 heterocycles. The number of aliphatic hydroxyl groups excluding tert-OH is 1. The second kappa shape index (κ2) is 4.08. The SMILES string of the molecule is Cc1csc(N2CCC(O)(CO)CC2)n1. The predicted octanol–water partition coefficient (Wildman–Crippen LogP) is 0.775. The molecule has 0 amide bonds. The number of thiazole rings is 1. The Morgan fingerprint density at radius 3 is 2.67 bits per heavy atom. The molecule has 0 aliphatic carbocycles. The number of piperidine rings is 1. The summed E-state index contributed by atoms with van der Waals surface area (Å²) in [5, 5.41) is 21.9. The maximum absolute atomic E-state index is 9.86. The van der Waals surface area contributed by atoms with E-state index in [2.05, 4.69) is 9.88 Å². The van der Waals surface area contributed by atoms with Gasteiger partial charge in [0.05, 0.1) is 17.9 Å². The number of nitrogens with zero attached hydrogens (tertiary/aromatic N) is 2. The summed E-state index contributed by atoms with van der Waals surface area (Å²) in [5.74, 6) is 0. The molecule has 0 spiro atoms. The van der Waals surface area contributed by atoms with Crippen LogP contribution in [0.5, 0.6) is 0 Å². The lowest BCUT2D eigenvalue weighted by atomic mass is 9.93. The maximum Gasteiger partial charge on any atom is 0.185 e. The van der Waals surface area contributed by atoms with Gasteiger partial charge >= 0.3 is 0 Å². The molecular weight excluding hydrogens is 212 g/mol. The fourth-order valence-electron chi connectivity index (χ4n) is 1.76. The van der Waals surface area contributed by atoms with Crippen molar-refractivity contribution in [1.29, 1.82) is 0 Å². The molecule has 1 aromatic rings. The van der Waals surface area contributed by atoms with Crippen LogP contribution in [0.15, 0.2) is 5.38 Å². The van der Waals surface area contributed by atoms with Crippen molar-refractivity contribution in [3.8, 4) is 0 Å². The average molecular weight is 228 g/mol. The number of rotatable bonds is 2. The van der Waals surface area contributed by atoms with E-state index in [-0.39, 0.29) is 6.61 Å². The van der Waals surface area contributed by atoms with Gasteiger partial charge in [-0.15, -0.1) is 11.3 Å². The highest BCUT2D eigenvalue weighted by Gasteiger charge is 2.32. The van der Waals surface area contributed by atoms with Crippen molar-refractivity contribution >= 4 is 16.5 Å². The van der Waals surface area contributed by atoms with Gasteiger partial charge in [0, 0.05) is 18.5 Å². The summed E-state index contributed by atoms with van der Waals surface area (Å²) in [6.45, 7) is 3.37. The molecular formula is C10H16N2O2S. The van der Waals surface area contributed by atoms with Crippen LogP contribution in [0, 0.1) is 6.92 Å². The monoisotopic (exact) mass is 228 g/mol. The van der Waals surface area contributed by atoms with E-state index in [0.717, 1.165) is 23.9 Å². The first kappa shape index (κ1) is 10.9. The van der Waals surface area contributed by atoms with Crippen molar-refractivity contribution in [2.45, 2.75) is 25.4 Å². The Balaban J connectivity index is 1.99. The summed E-state index contributed by atoms with van der Waals surface area (Å²) in [7, 11) is 0. The zero-order valence-electron chi connectivity index (χ0n) is 8.81. The maximum atomic E-state index is 9.86. The topological polar surface area (TPSA) is 56.6 Å². The smallest absolute Gasteiger partial charge is 0.185 e. The molecule has 5 heteroatoms. The second-order valence-corrected chi connectivity index (χ2v) is 4.98. The quantitative estimate of drug-likeness (QED) is 0.785. The Bertz CT molecular complexity index is 332. The van der Waals surface area contributed by atoms with Crippen LogP contribution >= 0.6 is 11.3 Å². The van der Waals surface area contributed by atoms with Gasteiger partial charge in [-0.05, 0) is 19.8 Å². The highest BCUT2D eigenvalue weighted by Crippen LogP contribution is 2.27. The van der Waals surface area contributed by atoms with Gasteiger partial charge in [-0.25, -0.2) is 4.98 Å². The van der Waals surface area contributed by atoms with Gasteiger partial charge in [-0.2, -0.15) is 0 Å². The fourth-order valence-corrected chi connectivity index (χ4v) is 2.62. The van der Waals surface area contributed by atoms with Gasteiger partial charge in [-0.3, -0.25) is 0 Å². The zero-order chi connectivity index (χ0) is 10.9. The summed E-state index contributed by atoms with van der Waals surface area (Å²) < 4.78 is 0. The molecule has 84 valence electrons. The van der Waals surface area contributed by atoms with Gasteiger partial charge in [0.1, 0.15) is 0 Å². The Labute approximate surface area is 93.2 Å². The summed E-state index contributed by atoms with van der Waals surface area (Å²) in [5.41, 5.74) is 0.168. The number of aryl methyl sites for hydroxylation is 1. The molecule has 2 N–H and O–H groups in total. The first-order chi connectivity index (χ1) is 7.13. The zero-order valence-corrected chi connectivity index (χ0v) is 9.63. The van der Waals surface area contributed by atoms with Crippen molar-refractivity contribution in [3.63, 3.8) is 0 Å². The first-order valence-corrected chi connectivity index (χ1v) is 6.01. The molecule has 1 aliphatic rings. The molecule has 0 radical (unpaired) electrons. The van der Waals surface area contributed by atoms with E-state index in [1.165, 1.54) is 0 Å². The van der Waals surface area contributed by atoms with E-state index < -0.39 is 5.60 Å². The summed E-state index contributed by atoms with van der Waals surface area (Å²) >= 11 is 1.63. The van der Waals surface area contributed by atoms with Gasteiger partial charge < -0.3 is 15.1 Å². The number of aliphatic hydroxyl groups is 2. The minimum absolute atomic E-state index is 0.141. The molecule has 0 saturated carbocycles. The van der Waals surface area contributed by atoms with Crippen molar-refractivity contribution in [3.05, 3.63) is 11.1 Å². The van der Waals surface area contributed by atoms with Crippen LogP contribution in [0.4, 0.5) is 5.13 Å². The Morgan fingerprint density at radius 1 is 1.53 bits per heavy atom. The largest absolute Gasteiger partial charge is 0.393 e. The molecule has 0 unspecified atom stereocenters. The molecule has 1 aromatic heterocycles. The Hall–Kier alpha value is -0.650. The first-order valence-electron chi connectivity index (χ1n) is 5.13. The molecule has 4 nitrogen and oxygen atoms in total. The number of anilines is 1. The molecule has 1 aliphatic heterocycles. The molecule has 0 atom stereocenters. The van der Waals surface area contributed by atoms with E-state index >= 15 is 0 Å². The van der Waals surface area contributed by atoms with Crippen LogP contribution in [0.3, 0.4) is 0 Å². The molecule has 0 bridgehead atoms. The standard InChI is InChI=1S/C10H16N2O2S/c1-8-6-15-9(11-8)12-4-2-10(14,7-13)3-5-12/h6,13-14H,2-5,7H2,1H3. The summed E-state index contributed by atoms with van der Waals surface area (Å²) in [6, 6.07) is 0. The van der Waals surface area contributed by atoms with E-state index in [0.29, 0.717) is 12.8 Å². The van der Waals surface area contributed by atoms with Crippen LogP contribution in [0.1, 0.15) is 18.5 Å². The van der Waals surface area contributed by atoms with Crippen molar-refractivity contribution < 1.29 is 10.2 Å². The summed E-state index contributed by atoms with van der Waals surface area (Å²) in [6.07, 6.45) is 1.23. The lowest BCUT2D eigenvalue weighted by molar-refractivity contribution is -0.0325. The van der Waals surface area contributed by atoms with Gasteiger partial charge in [0.2, 0.25) is 0 Å². The third-order valence-corrected chi connectivity index (χ3v) is 3.89. The normalized spacial score (nSPS) is 20.6.